The maximum atomic E-state index is 14.4. The van der Waals surface area contributed by atoms with Gasteiger partial charge in [-0.1, -0.05) is 94.8 Å². The molecule has 2 aromatic carbocycles. The third kappa shape index (κ3) is 17.8. The minimum absolute atomic E-state index is 0.0527. The lowest BCUT2D eigenvalue weighted by molar-refractivity contribution is -0.144. The van der Waals surface area contributed by atoms with Crippen molar-refractivity contribution in [3.05, 3.63) is 90.0 Å². The van der Waals surface area contributed by atoms with Gasteiger partial charge in [-0.2, -0.15) is 0 Å². The molecule has 0 saturated heterocycles. The van der Waals surface area contributed by atoms with E-state index in [-0.39, 0.29) is 25.2 Å². The second-order valence-corrected chi connectivity index (χ2v) is 17.6. The van der Waals surface area contributed by atoms with Crippen molar-refractivity contribution in [2.75, 3.05) is 7.05 Å². The zero-order valence-electron chi connectivity index (χ0n) is 40.7. The summed E-state index contributed by atoms with van der Waals surface area (Å²) >= 11 is 0. The molecule has 11 N–H and O–H groups in total. The molecular weight excluding hydrogens is 907 g/mol. The van der Waals surface area contributed by atoms with E-state index < -0.39 is 120 Å². The van der Waals surface area contributed by atoms with Gasteiger partial charge in [-0.3, -0.25) is 43.2 Å². The molecule has 0 saturated carbocycles. The van der Waals surface area contributed by atoms with Gasteiger partial charge in [0, 0.05) is 45.1 Å². The van der Waals surface area contributed by atoms with Gasteiger partial charge in [0.1, 0.15) is 48.3 Å². The SMILES string of the molecule is CC[C@H](C)[C@H](NC(=O)[C@H](CC(N)=O)NC(=O)[C@H](C)N(C)C(=O)[C@H](C)NC(=O)[C@H](Cc1ccccc1)NC(=O)[C@H](Cc1ccccc1)NC(=O)[C@H](Cc1cnc[nH]1)NC(=O)[C@@H](NC(C)=O)C(C)C)C(=O)O. The van der Waals surface area contributed by atoms with Gasteiger partial charge in [0.25, 0.3) is 0 Å². The zero-order chi connectivity index (χ0) is 52.2. The molecule has 0 aliphatic heterocycles. The summed E-state index contributed by atoms with van der Waals surface area (Å²) < 4.78 is 0. The number of H-pyrrole nitrogens is 1. The van der Waals surface area contributed by atoms with Gasteiger partial charge < -0.3 is 57.9 Å². The van der Waals surface area contributed by atoms with E-state index in [0.717, 1.165) is 4.90 Å². The molecule has 0 fully saturated rings. The minimum Gasteiger partial charge on any atom is -0.480 e. The van der Waals surface area contributed by atoms with Crippen LogP contribution in [0, 0.1) is 11.8 Å². The molecule has 9 amide bonds. The van der Waals surface area contributed by atoms with Crippen LogP contribution in [0.1, 0.15) is 78.1 Å². The molecule has 0 aliphatic rings. The van der Waals surface area contributed by atoms with Gasteiger partial charge in [0.05, 0.1) is 12.7 Å². The van der Waals surface area contributed by atoms with Crippen LogP contribution in [0.5, 0.6) is 0 Å². The number of primary amides is 1. The Bertz CT molecular complexity index is 2280. The van der Waals surface area contributed by atoms with E-state index in [1.165, 1.54) is 40.3 Å². The van der Waals surface area contributed by atoms with Crippen LogP contribution in [-0.2, 0) is 67.2 Å². The number of nitrogens with two attached hydrogens (primary N) is 1. The number of rotatable bonds is 27. The Hall–Kier alpha value is -7.65. The zero-order valence-corrected chi connectivity index (χ0v) is 40.7. The number of carboxylic acids is 1. The number of hydrogen-bond acceptors (Lipinski definition) is 11. The number of carbonyl (C=O) groups excluding carboxylic acids is 9. The number of aliphatic carboxylic acids is 1. The lowest BCUT2D eigenvalue weighted by Crippen LogP contribution is -2.61. The van der Waals surface area contributed by atoms with Gasteiger partial charge in [-0.05, 0) is 36.8 Å². The molecule has 0 bridgehead atoms. The summed E-state index contributed by atoms with van der Waals surface area (Å²) in [5, 5.41) is 27.8. The number of carboxylic acid groups (broad SMARTS) is 1. The second-order valence-electron chi connectivity index (χ2n) is 17.6. The molecule has 0 radical (unpaired) electrons. The largest absolute Gasteiger partial charge is 0.480 e. The fourth-order valence-electron chi connectivity index (χ4n) is 7.19. The Morgan fingerprint density at radius 1 is 0.629 bits per heavy atom. The fraction of sp³-hybridized carbons (Fsp3) is 0.479. The molecule has 22 heteroatoms. The third-order valence-corrected chi connectivity index (χ3v) is 11.6. The quantitative estimate of drug-likeness (QED) is 0.0457. The summed E-state index contributed by atoms with van der Waals surface area (Å²) in [6, 6.07) is 6.99. The van der Waals surface area contributed by atoms with Crippen LogP contribution < -0.4 is 43.0 Å². The summed E-state index contributed by atoms with van der Waals surface area (Å²) in [6.07, 6.45) is 2.40. The van der Waals surface area contributed by atoms with Crippen molar-refractivity contribution >= 4 is 59.1 Å². The minimum atomic E-state index is -1.58. The van der Waals surface area contributed by atoms with Crippen molar-refractivity contribution in [2.45, 2.75) is 129 Å². The predicted octanol–water partition coefficient (Wildman–Crippen LogP) is -0.620. The van der Waals surface area contributed by atoms with Crippen LogP contribution >= 0.6 is 0 Å². The number of benzene rings is 2. The van der Waals surface area contributed by atoms with Crippen molar-refractivity contribution in [2.24, 2.45) is 17.6 Å². The molecule has 1 aromatic heterocycles. The highest BCUT2D eigenvalue weighted by molar-refractivity contribution is 5.98. The first kappa shape index (κ1) is 56.7. The normalized spacial score (nSPS) is 14.9. The first-order valence-corrected chi connectivity index (χ1v) is 22.9. The van der Waals surface area contributed by atoms with Gasteiger partial charge in [0.2, 0.25) is 53.2 Å². The third-order valence-electron chi connectivity index (χ3n) is 11.6. The van der Waals surface area contributed by atoms with E-state index in [1.54, 1.807) is 88.4 Å². The summed E-state index contributed by atoms with van der Waals surface area (Å²) in [4.78, 5) is 140. The number of aromatic amines is 1. The number of carbonyl (C=O) groups is 10. The maximum absolute atomic E-state index is 14.4. The smallest absolute Gasteiger partial charge is 0.326 e. The fourth-order valence-corrected chi connectivity index (χ4v) is 7.19. The van der Waals surface area contributed by atoms with Crippen molar-refractivity contribution in [1.29, 1.82) is 0 Å². The van der Waals surface area contributed by atoms with Crippen LogP contribution in [0.4, 0.5) is 0 Å². The van der Waals surface area contributed by atoms with Gasteiger partial charge in [-0.25, -0.2) is 9.78 Å². The summed E-state index contributed by atoms with van der Waals surface area (Å²) in [6.45, 7) is 10.7. The van der Waals surface area contributed by atoms with Gasteiger partial charge in [-0.15, -0.1) is 0 Å². The molecular formula is C48H67N11O11. The molecule has 0 aliphatic carbocycles. The molecule has 3 aromatic rings. The Labute approximate surface area is 406 Å². The maximum Gasteiger partial charge on any atom is 0.326 e. The van der Waals surface area contributed by atoms with Crippen LogP contribution in [0.15, 0.2) is 73.2 Å². The van der Waals surface area contributed by atoms with E-state index in [9.17, 15) is 53.1 Å². The molecule has 380 valence electrons. The summed E-state index contributed by atoms with van der Waals surface area (Å²) in [5.74, 6) is -9.21. The van der Waals surface area contributed by atoms with E-state index in [2.05, 4.69) is 47.2 Å². The highest BCUT2D eigenvalue weighted by Crippen LogP contribution is 2.12. The first-order valence-electron chi connectivity index (χ1n) is 22.9. The number of likely N-dealkylation sites (N-methyl/N-ethyl adjacent to an activating group) is 1. The van der Waals surface area contributed by atoms with Crippen LogP contribution in [0.2, 0.25) is 0 Å². The molecule has 0 spiro atoms. The number of nitrogens with zero attached hydrogens (tertiary/aromatic N) is 2. The average Bonchev–Trinajstić information content (AvgIpc) is 3.83. The second kappa shape index (κ2) is 27.4. The highest BCUT2D eigenvalue weighted by Gasteiger charge is 2.36. The number of hydrogen-bond donors (Lipinski definition) is 10. The highest BCUT2D eigenvalue weighted by atomic mass is 16.4. The number of aromatic nitrogens is 2. The standard InChI is InChI=1S/C48H67N11O11/c1-9-27(4)40(48(69)70)58-45(66)37(23-38(49)61)54-41(62)29(6)59(8)47(68)28(5)52-42(63)34(20-31-16-12-10-13-17-31)55-43(64)35(21-32-18-14-11-15-19-32)56-44(65)36(22-33-24-50-25-51-33)57-46(67)39(26(2)3)53-30(7)60/h10-19,24-29,34-37,39-40H,9,20-23H2,1-8H3,(H2,49,61)(H,50,51)(H,52,63)(H,53,60)(H,54,62)(H,55,64)(H,56,65)(H,57,67)(H,58,66)(H,69,70)/t27-,28-,29-,34-,35-,36-,37-,39-,40-/m0/s1. The lowest BCUT2D eigenvalue weighted by atomic mass is 9.98. The molecule has 1 heterocycles. The predicted molar refractivity (Wildman–Crippen MR) is 255 cm³/mol. The lowest BCUT2D eigenvalue weighted by Gasteiger charge is -2.30. The van der Waals surface area contributed by atoms with E-state index in [0.29, 0.717) is 23.2 Å². The van der Waals surface area contributed by atoms with Gasteiger partial charge in [0.15, 0.2) is 0 Å². The van der Waals surface area contributed by atoms with Crippen molar-refractivity contribution in [1.82, 2.24) is 52.1 Å². The Balaban J connectivity index is 1.87. The van der Waals surface area contributed by atoms with E-state index in [4.69, 9.17) is 5.73 Å². The molecule has 3 rings (SSSR count). The van der Waals surface area contributed by atoms with Crippen molar-refractivity contribution in [3.8, 4) is 0 Å². The topological polar surface area (TPSA) is 333 Å². The number of amides is 9. The Kier molecular flexibility index (Phi) is 22.2. The summed E-state index contributed by atoms with van der Waals surface area (Å²) in [5.41, 5.74) is 7.10. The molecule has 70 heavy (non-hydrogen) atoms. The van der Waals surface area contributed by atoms with Crippen molar-refractivity contribution < 1.29 is 53.1 Å². The van der Waals surface area contributed by atoms with Crippen LogP contribution in [0.25, 0.3) is 0 Å². The van der Waals surface area contributed by atoms with Gasteiger partial charge >= 0.3 is 5.97 Å². The van der Waals surface area contributed by atoms with E-state index >= 15 is 0 Å². The van der Waals surface area contributed by atoms with E-state index in [1.807, 2.05) is 0 Å². The molecule has 0 unspecified atom stereocenters. The monoisotopic (exact) mass is 974 g/mol. The summed E-state index contributed by atoms with van der Waals surface area (Å²) in [7, 11) is 1.27. The number of imidazole rings is 1. The van der Waals surface area contributed by atoms with Crippen molar-refractivity contribution in [3.63, 3.8) is 0 Å². The number of nitrogens with one attached hydrogen (secondary N) is 8. The molecule has 9 atom stereocenters. The Morgan fingerprint density at radius 3 is 1.54 bits per heavy atom. The Morgan fingerprint density at radius 2 is 1.10 bits per heavy atom. The molecule has 22 nitrogen and oxygen atoms in total. The van der Waals surface area contributed by atoms with Crippen LogP contribution in [-0.4, -0.2) is 134 Å². The first-order chi connectivity index (χ1) is 33.0. The average molecular weight is 974 g/mol. The van der Waals surface area contributed by atoms with Crippen LogP contribution in [0.3, 0.4) is 0 Å².